The van der Waals surface area contributed by atoms with Gasteiger partial charge in [-0.2, -0.15) is 0 Å². The monoisotopic (exact) mass is 337 g/mol. The lowest BCUT2D eigenvalue weighted by Gasteiger charge is -2.07. The van der Waals surface area contributed by atoms with Crippen molar-refractivity contribution < 1.29 is 4.79 Å². The molecule has 1 N–H and O–H groups in total. The Morgan fingerprint density at radius 3 is 2.92 bits per heavy atom. The topological polar surface area (TPSA) is 72.2 Å². The third-order valence-corrected chi connectivity index (χ3v) is 3.95. The number of amides is 1. The highest BCUT2D eigenvalue weighted by atomic mass is 35.5. The zero-order valence-electron chi connectivity index (χ0n) is 12.7. The maximum atomic E-state index is 12.8. The number of carbonyl (C=O) groups is 1. The summed E-state index contributed by atoms with van der Waals surface area (Å²) in [5.74, 6) is 0.0994. The molecule has 0 unspecified atom stereocenters. The average Bonchev–Trinajstić information content (AvgIpc) is 2.90. The molecular formula is C17H12ClN5O. The molecule has 0 aliphatic carbocycles. The van der Waals surface area contributed by atoms with Crippen molar-refractivity contribution in [2.45, 2.75) is 6.92 Å². The Labute approximate surface area is 142 Å². The summed E-state index contributed by atoms with van der Waals surface area (Å²) in [5, 5.41) is 4.25. The van der Waals surface area contributed by atoms with Gasteiger partial charge in [0.25, 0.3) is 5.91 Å². The van der Waals surface area contributed by atoms with Gasteiger partial charge in [-0.15, -0.1) is 0 Å². The Hall–Kier alpha value is -2.99. The summed E-state index contributed by atoms with van der Waals surface area (Å²) in [6, 6.07) is 9.10. The molecule has 0 saturated carbocycles. The number of aromatic nitrogens is 4. The third-order valence-electron chi connectivity index (χ3n) is 3.72. The fraction of sp³-hybridized carbons (Fsp3) is 0.0588. The molecule has 0 radical (unpaired) electrons. The number of nitrogens with one attached hydrogen (secondary N) is 1. The number of hydrogen-bond donors (Lipinski definition) is 1. The van der Waals surface area contributed by atoms with E-state index in [1.165, 1.54) is 0 Å². The van der Waals surface area contributed by atoms with Gasteiger partial charge < -0.3 is 5.32 Å². The highest BCUT2D eigenvalue weighted by molar-refractivity contribution is 6.30. The Kier molecular flexibility index (Phi) is 3.39. The molecule has 0 aromatic carbocycles. The Morgan fingerprint density at radius 2 is 2.04 bits per heavy atom. The molecule has 0 aliphatic rings. The van der Waals surface area contributed by atoms with Crippen molar-refractivity contribution in [3.63, 3.8) is 0 Å². The number of hydrogen-bond acceptors (Lipinski definition) is 4. The van der Waals surface area contributed by atoms with E-state index >= 15 is 0 Å². The molecule has 24 heavy (non-hydrogen) atoms. The van der Waals surface area contributed by atoms with Crippen molar-refractivity contribution in [1.82, 2.24) is 19.4 Å². The molecule has 4 aromatic heterocycles. The molecule has 7 heteroatoms. The number of rotatable bonds is 2. The van der Waals surface area contributed by atoms with Crippen LogP contribution in [0.15, 0.2) is 48.9 Å². The van der Waals surface area contributed by atoms with Crippen LogP contribution in [0.3, 0.4) is 0 Å². The van der Waals surface area contributed by atoms with Crippen molar-refractivity contribution >= 4 is 39.9 Å². The van der Waals surface area contributed by atoms with Gasteiger partial charge in [0.2, 0.25) is 0 Å². The lowest BCUT2D eigenvalue weighted by atomic mass is 10.2. The molecule has 0 saturated heterocycles. The van der Waals surface area contributed by atoms with Crippen molar-refractivity contribution in [3.05, 3.63) is 65.3 Å². The summed E-state index contributed by atoms with van der Waals surface area (Å²) in [6.07, 6.45) is 4.97. The number of carbonyl (C=O) groups excluding carboxylic acids is 1. The molecule has 1 amide bonds. The summed E-state index contributed by atoms with van der Waals surface area (Å²) < 4.78 is 1.67. The smallest absolute Gasteiger partial charge is 0.275 e. The average molecular weight is 338 g/mol. The maximum absolute atomic E-state index is 12.8. The minimum Gasteiger partial charge on any atom is -0.303 e. The Bertz CT molecular complexity index is 1080. The van der Waals surface area contributed by atoms with E-state index in [1.54, 1.807) is 42.0 Å². The number of aryl methyl sites for hydroxylation is 1. The van der Waals surface area contributed by atoms with E-state index in [2.05, 4.69) is 20.3 Å². The highest BCUT2D eigenvalue weighted by Gasteiger charge is 2.18. The molecule has 6 nitrogen and oxygen atoms in total. The highest BCUT2D eigenvalue weighted by Crippen LogP contribution is 2.21. The third kappa shape index (κ3) is 2.37. The number of imidazole rings is 1. The lowest BCUT2D eigenvalue weighted by Crippen LogP contribution is -2.16. The van der Waals surface area contributed by atoms with Crippen LogP contribution in [0.4, 0.5) is 5.82 Å². The number of halogens is 1. The standard InChI is InChI=1S/C17H12ClN5O/c1-10-15(23-9-12(18)4-5-13(23)21-10)17(24)22-16-14-11(6-8-20-16)3-2-7-19-14/h2-9H,1H3,(H,20,22,24). The summed E-state index contributed by atoms with van der Waals surface area (Å²) in [4.78, 5) is 25.7. The van der Waals surface area contributed by atoms with Crippen molar-refractivity contribution in [1.29, 1.82) is 0 Å². The Balaban J connectivity index is 1.79. The lowest BCUT2D eigenvalue weighted by molar-refractivity contribution is 0.102. The van der Waals surface area contributed by atoms with E-state index < -0.39 is 0 Å². The number of nitrogens with zero attached hydrogens (tertiary/aromatic N) is 4. The van der Waals surface area contributed by atoms with E-state index in [0.717, 1.165) is 5.39 Å². The summed E-state index contributed by atoms with van der Waals surface area (Å²) in [7, 11) is 0. The second-order valence-corrected chi connectivity index (χ2v) is 5.75. The van der Waals surface area contributed by atoms with E-state index in [0.29, 0.717) is 33.4 Å². The first-order valence-electron chi connectivity index (χ1n) is 7.29. The summed E-state index contributed by atoms with van der Waals surface area (Å²) in [6.45, 7) is 1.78. The zero-order valence-corrected chi connectivity index (χ0v) is 13.4. The van der Waals surface area contributed by atoms with E-state index in [-0.39, 0.29) is 5.91 Å². The second-order valence-electron chi connectivity index (χ2n) is 5.31. The fourth-order valence-corrected chi connectivity index (χ4v) is 2.83. The minimum absolute atomic E-state index is 0.312. The number of pyridine rings is 3. The van der Waals surface area contributed by atoms with Gasteiger partial charge in [0.05, 0.1) is 10.7 Å². The van der Waals surface area contributed by atoms with Gasteiger partial charge in [0.15, 0.2) is 5.82 Å². The van der Waals surface area contributed by atoms with Crippen LogP contribution in [0.25, 0.3) is 16.6 Å². The van der Waals surface area contributed by atoms with E-state index in [4.69, 9.17) is 11.6 Å². The van der Waals surface area contributed by atoms with Gasteiger partial charge in [-0.05, 0) is 31.2 Å². The van der Waals surface area contributed by atoms with Crippen LogP contribution in [-0.4, -0.2) is 25.3 Å². The van der Waals surface area contributed by atoms with Crippen LogP contribution < -0.4 is 5.32 Å². The van der Waals surface area contributed by atoms with E-state index in [1.807, 2.05) is 18.2 Å². The van der Waals surface area contributed by atoms with Gasteiger partial charge >= 0.3 is 0 Å². The molecule has 0 spiro atoms. The van der Waals surface area contributed by atoms with Crippen molar-refractivity contribution in [2.24, 2.45) is 0 Å². The number of anilines is 1. The van der Waals surface area contributed by atoms with Crippen LogP contribution in [0.2, 0.25) is 5.02 Å². The molecule has 4 aromatic rings. The first kappa shape index (κ1) is 14.6. The van der Waals surface area contributed by atoms with Crippen molar-refractivity contribution in [3.8, 4) is 0 Å². The SMILES string of the molecule is Cc1nc2ccc(Cl)cn2c1C(=O)Nc1nccc2cccnc12. The first-order chi connectivity index (χ1) is 11.6. The van der Waals surface area contributed by atoms with Gasteiger partial charge in [0.1, 0.15) is 16.9 Å². The molecule has 0 fully saturated rings. The van der Waals surface area contributed by atoms with Crippen LogP contribution >= 0.6 is 11.6 Å². The van der Waals surface area contributed by atoms with Gasteiger partial charge in [-0.3, -0.25) is 14.2 Å². The molecule has 4 heterocycles. The predicted molar refractivity (Wildman–Crippen MR) is 92.4 cm³/mol. The molecule has 118 valence electrons. The van der Waals surface area contributed by atoms with E-state index in [9.17, 15) is 4.79 Å². The van der Waals surface area contributed by atoms with Crippen LogP contribution in [0, 0.1) is 6.92 Å². The summed E-state index contributed by atoms with van der Waals surface area (Å²) in [5.41, 5.74) is 2.33. The predicted octanol–water partition coefficient (Wildman–Crippen LogP) is 3.49. The maximum Gasteiger partial charge on any atom is 0.275 e. The Morgan fingerprint density at radius 1 is 1.17 bits per heavy atom. The second kappa shape index (κ2) is 5.58. The van der Waals surface area contributed by atoms with Gasteiger partial charge in [-0.25, -0.2) is 9.97 Å². The minimum atomic E-state index is -0.312. The molecule has 4 rings (SSSR count). The van der Waals surface area contributed by atoms with Crippen LogP contribution in [0.5, 0.6) is 0 Å². The zero-order chi connectivity index (χ0) is 16.7. The van der Waals surface area contributed by atoms with Crippen molar-refractivity contribution in [2.75, 3.05) is 5.32 Å². The molecular weight excluding hydrogens is 326 g/mol. The molecule has 0 atom stereocenters. The fourth-order valence-electron chi connectivity index (χ4n) is 2.67. The molecule has 0 aliphatic heterocycles. The summed E-state index contributed by atoms with van der Waals surface area (Å²) >= 11 is 6.04. The first-order valence-corrected chi connectivity index (χ1v) is 7.66. The van der Waals surface area contributed by atoms with Gasteiger partial charge in [0, 0.05) is 24.0 Å². The van der Waals surface area contributed by atoms with Gasteiger partial charge in [-0.1, -0.05) is 17.7 Å². The quantitative estimate of drug-likeness (QED) is 0.607. The molecule has 0 bridgehead atoms. The van der Waals surface area contributed by atoms with Crippen LogP contribution in [0.1, 0.15) is 16.2 Å². The number of fused-ring (bicyclic) bond motifs is 2. The largest absolute Gasteiger partial charge is 0.303 e. The van der Waals surface area contributed by atoms with Crippen LogP contribution in [-0.2, 0) is 0 Å². The normalized spacial score (nSPS) is 11.1.